The van der Waals surface area contributed by atoms with Gasteiger partial charge in [0.05, 0.1) is 22.7 Å². The minimum absolute atomic E-state index is 0.158. The number of ether oxygens (including phenoxy) is 1. The topological polar surface area (TPSA) is 46.5 Å². The van der Waals surface area contributed by atoms with Crippen molar-refractivity contribution in [3.8, 4) is 16.9 Å². The minimum Gasteiger partial charge on any atom is -0.495 e. The highest BCUT2D eigenvalue weighted by Gasteiger charge is 2.14. The van der Waals surface area contributed by atoms with Crippen LogP contribution in [0, 0.1) is 0 Å². The monoisotopic (exact) mass is 374 g/mol. The second-order valence-corrected chi connectivity index (χ2v) is 5.64. The number of halogens is 3. The summed E-state index contributed by atoms with van der Waals surface area (Å²) in [6, 6.07) is 8.21. The van der Waals surface area contributed by atoms with E-state index in [-0.39, 0.29) is 5.56 Å². The fraction of sp³-hybridized carbons (Fsp3) is 0.0714. The van der Waals surface area contributed by atoms with Gasteiger partial charge >= 0.3 is 5.97 Å². The molecule has 0 aliphatic heterocycles. The van der Waals surface area contributed by atoms with Gasteiger partial charge in [-0.1, -0.05) is 29.3 Å². The summed E-state index contributed by atoms with van der Waals surface area (Å²) in [6.45, 7) is 0. The van der Waals surface area contributed by atoms with E-state index in [2.05, 4.69) is 15.9 Å². The Hall–Kier alpha value is -1.23. The smallest absolute Gasteiger partial charge is 0.336 e. The highest BCUT2D eigenvalue weighted by Crippen LogP contribution is 2.37. The van der Waals surface area contributed by atoms with E-state index in [4.69, 9.17) is 33.0 Å². The molecule has 0 saturated carbocycles. The highest BCUT2D eigenvalue weighted by molar-refractivity contribution is 9.10. The van der Waals surface area contributed by atoms with Crippen molar-refractivity contribution in [3.63, 3.8) is 0 Å². The van der Waals surface area contributed by atoms with Crippen LogP contribution in [0.25, 0.3) is 11.1 Å². The first-order valence-electron chi connectivity index (χ1n) is 5.50. The molecule has 0 fully saturated rings. The number of benzene rings is 2. The maximum atomic E-state index is 11.1. The van der Waals surface area contributed by atoms with Gasteiger partial charge < -0.3 is 9.84 Å². The third-order valence-corrected chi connectivity index (χ3v) is 4.05. The van der Waals surface area contributed by atoms with Gasteiger partial charge in [0.25, 0.3) is 0 Å². The number of rotatable bonds is 3. The van der Waals surface area contributed by atoms with Gasteiger partial charge in [0.15, 0.2) is 0 Å². The average molecular weight is 376 g/mol. The van der Waals surface area contributed by atoms with Crippen molar-refractivity contribution in [1.82, 2.24) is 0 Å². The summed E-state index contributed by atoms with van der Waals surface area (Å²) >= 11 is 15.5. The molecule has 20 heavy (non-hydrogen) atoms. The van der Waals surface area contributed by atoms with Gasteiger partial charge in [-0.3, -0.25) is 0 Å². The van der Waals surface area contributed by atoms with Crippen molar-refractivity contribution in [2.75, 3.05) is 7.11 Å². The van der Waals surface area contributed by atoms with Crippen LogP contribution in [0.4, 0.5) is 0 Å². The number of hydrogen-bond donors (Lipinski definition) is 1. The van der Waals surface area contributed by atoms with Crippen molar-refractivity contribution >= 4 is 45.1 Å². The molecule has 0 amide bonds. The number of carbonyl (C=O) groups is 1. The SMILES string of the molecule is COc1cc(Cl)c(-c2ccc(Br)c(C(=O)O)c2)cc1Cl. The fourth-order valence-corrected chi connectivity index (χ4v) is 2.68. The number of aromatic carboxylic acids is 1. The summed E-state index contributed by atoms with van der Waals surface area (Å²) in [5, 5.41) is 9.98. The molecule has 3 nitrogen and oxygen atoms in total. The normalized spacial score (nSPS) is 10.4. The zero-order valence-corrected chi connectivity index (χ0v) is 13.4. The van der Waals surface area contributed by atoms with Gasteiger partial charge in [-0.25, -0.2) is 4.79 Å². The Bertz CT molecular complexity index is 686. The Balaban J connectivity index is 2.60. The van der Waals surface area contributed by atoms with E-state index in [0.29, 0.717) is 31.4 Å². The van der Waals surface area contributed by atoms with E-state index >= 15 is 0 Å². The molecule has 0 aliphatic rings. The first-order valence-corrected chi connectivity index (χ1v) is 7.05. The molecule has 2 aromatic rings. The van der Waals surface area contributed by atoms with Gasteiger partial charge in [0, 0.05) is 16.1 Å². The van der Waals surface area contributed by atoms with Crippen molar-refractivity contribution < 1.29 is 14.6 Å². The molecule has 0 atom stereocenters. The molecule has 0 aromatic heterocycles. The summed E-state index contributed by atoms with van der Waals surface area (Å²) in [5.74, 6) is -0.551. The zero-order valence-electron chi connectivity index (χ0n) is 10.3. The summed E-state index contributed by atoms with van der Waals surface area (Å²) in [6.07, 6.45) is 0. The molecule has 104 valence electrons. The summed E-state index contributed by atoms with van der Waals surface area (Å²) in [5.41, 5.74) is 1.47. The Morgan fingerprint density at radius 2 is 1.90 bits per heavy atom. The molecular weight excluding hydrogens is 367 g/mol. The summed E-state index contributed by atoms with van der Waals surface area (Å²) in [7, 11) is 1.50. The lowest BCUT2D eigenvalue weighted by atomic mass is 10.0. The van der Waals surface area contributed by atoms with Crippen molar-refractivity contribution in [3.05, 3.63) is 50.4 Å². The summed E-state index contributed by atoms with van der Waals surface area (Å²) in [4.78, 5) is 11.1. The molecule has 0 heterocycles. The maximum absolute atomic E-state index is 11.1. The summed E-state index contributed by atoms with van der Waals surface area (Å²) < 4.78 is 5.58. The van der Waals surface area contributed by atoms with Gasteiger partial charge in [0.1, 0.15) is 5.75 Å². The lowest BCUT2D eigenvalue weighted by molar-refractivity contribution is 0.0696. The van der Waals surface area contributed by atoms with Crippen LogP contribution in [-0.2, 0) is 0 Å². The molecule has 0 saturated heterocycles. The van der Waals surface area contributed by atoms with Crippen LogP contribution in [0.3, 0.4) is 0 Å². The predicted molar refractivity (Wildman–Crippen MR) is 83.1 cm³/mol. The van der Waals surface area contributed by atoms with Crippen LogP contribution < -0.4 is 4.74 Å². The molecule has 0 aliphatic carbocycles. The van der Waals surface area contributed by atoms with E-state index in [1.54, 1.807) is 24.3 Å². The molecule has 0 spiro atoms. The van der Waals surface area contributed by atoms with Crippen LogP contribution >= 0.6 is 39.1 Å². The van der Waals surface area contributed by atoms with E-state index in [9.17, 15) is 4.79 Å². The number of carboxylic acids is 1. The largest absolute Gasteiger partial charge is 0.495 e. The lowest BCUT2D eigenvalue weighted by Gasteiger charge is -2.10. The quantitative estimate of drug-likeness (QED) is 0.808. The third-order valence-electron chi connectivity index (χ3n) is 2.75. The van der Waals surface area contributed by atoms with E-state index in [1.165, 1.54) is 13.2 Å². The molecular formula is C14H9BrCl2O3. The standard InChI is InChI=1S/C14H9BrCl2O3/c1-20-13-6-11(16)8(5-12(13)17)7-2-3-10(15)9(4-7)14(18)19/h2-6H,1H3,(H,18,19). The lowest BCUT2D eigenvalue weighted by Crippen LogP contribution is -1.98. The van der Waals surface area contributed by atoms with Crippen LogP contribution in [-0.4, -0.2) is 18.2 Å². The molecule has 0 unspecified atom stereocenters. The van der Waals surface area contributed by atoms with Crippen molar-refractivity contribution in [2.45, 2.75) is 0 Å². The second kappa shape index (κ2) is 6.04. The maximum Gasteiger partial charge on any atom is 0.336 e. The zero-order chi connectivity index (χ0) is 14.9. The van der Waals surface area contributed by atoms with Crippen LogP contribution in [0.5, 0.6) is 5.75 Å². The molecule has 0 bridgehead atoms. The molecule has 0 radical (unpaired) electrons. The minimum atomic E-state index is -1.02. The van der Waals surface area contributed by atoms with Gasteiger partial charge in [-0.05, 0) is 39.7 Å². The Morgan fingerprint density at radius 1 is 1.20 bits per heavy atom. The number of carboxylic acid groups (broad SMARTS) is 1. The van der Waals surface area contributed by atoms with E-state index < -0.39 is 5.97 Å². The predicted octanol–water partition coefficient (Wildman–Crippen LogP) is 5.13. The Morgan fingerprint density at radius 3 is 2.50 bits per heavy atom. The Kier molecular flexibility index (Phi) is 4.58. The Labute approximate surface area is 134 Å². The van der Waals surface area contributed by atoms with Gasteiger partial charge in [-0.2, -0.15) is 0 Å². The molecule has 1 N–H and O–H groups in total. The first kappa shape index (κ1) is 15.2. The third kappa shape index (κ3) is 2.92. The molecule has 2 rings (SSSR count). The number of hydrogen-bond acceptors (Lipinski definition) is 2. The van der Waals surface area contributed by atoms with E-state index in [1.807, 2.05) is 0 Å². The average Bonchev–Trinajstić information content (AvgIpc) is 2.41. The highest BCUT2D eigenvalue weighted by atomic mass is 79.9. The second-order valence-electron chi connectivity index (χ2n) is 3.97. The number of methoxy groups -OCH3 is 1. The van der Waals surface area contributed by atoms with E-state index in [0.717, 1.165) is 0 Å². The van der Waals surface area contributed by atoms with Crippen molar-refractivity contribution in [1.29, 1.82) is 0 Å². The fourth-order valence-electron chi connectivity index (χ4n) is 1.76. The first-order chi connectivity index (χ1) is 9.43. The van der Waals surface area contributed by atoms with Crippen molar-refractivity contribution in [2.24, 2.45) is 0 Å². The van der Waals surface area contributed by atoms with Crippen LogP contribution in [0.2, 0.25) is 10.0 Å². The van der Waals surface area contributed by atoms with Gasteiger partial charge in [-0.15, -0.1) is 0 Å². The van der Waals surface area contributed by atoms with Gasteiger partial charge in [0.2, 0.25) is 0 Å². The van der Waals surface area contributed by atoms with Crippen LogP contribution in [0.15, 0.2) is 34.8 Å². The molecule has 2 aromatic carbocycles. The molecule has 6 heteroatoms. The van der Waals surface area contributed by atoms with Crippen LogP contribution in [0.1, 0.15) is 10.4 Å².